The lowest BCUT2D eigenvalue weighted by molar-refractivity contribution is 0.281. The van der Waals surface area contributed by atoms with Gasteiger partial charge in [-0.05, 0) is 42.4 Å². The van der Waals surface area contributed by atoms with Gasteiger partial charge in [0.2, 0.25) is 10.0 Å². The smallest absolute Gasteiger partial charge is 0.240 e. The zero-order chi connectivity index (χ0) is 14.6. The predicted octanol–water partition coefficient (Wildman–Crippen LogP) is 2.28. The minimum Gasteiger partial charge on any atom is -0.392 e. The van der Waals surface area contributed by atoms with Gasteiger partial charge in [-0.3, -0.25) is 0 Å². The van der Waals surface area contributed by atoms with Gasteiger partial charge in [-0.15, -0.1) is 0 Å². The van der Waals surface area contributed by atoms with Gasteiger partial charge in [-0.1, -0.05) is 31.9 Å². The van der Waals surface area contributed by atoms with Crippen molar-refractivity contribution in [3.8, 4) is 0 Å². The molecule has 0 bridgehead atoms. The van der Waals surface area contributed by atoms with E-state index in [0.29, 0.717) is 23.9 Å². The number of hydrogen-bond acceptors (Lipinski definition) is 3. The summed E-state index contributed by atoms with van der Waals surface area (Å²) in [7, 11) is -3.43. The fourth-order valence-corrected chi connectivity index (χ4v) is 3.95. The minimum atomic E-state index is -3.43. The van der Waals surface area contributed by atoms with Crippen molar-refractivity contribution in [2.24, 2.45) is 11.8 Å². The molecular weight excluding hydrogens is 274 g/mol. The zero-order valence-electron chi connectivity index (χ0n) is 11.9. The Bertz CT molecular complexity index is 525. The van der Waals surface area contributed by atoms with E-state index in [1.165, 1.54) is 25.0 Å². The van der Waals surface area contributed by atoms with Crippen molar-refractivity contribution in [2.45, 2.75) is 44.1 Å². The van der Waals surface area contributed by atoms with Gasteiger partial charge in [0.25, 0.3) is 0 Å². The van der Waals surface area contributed by atoms with Crippen LogP contribution in [-0.4, -0.2) is 20.1 Å². The second-order valence-corrected chi connectivity index (χ2v) is 7.56. The molecule has 0 aromatic heterocycles. The van der Waals surface area contributed by atoms with Crippen LogP contribution in [0.25, 0.3) is 0 Å². The number of rotatable bonds is 5. The summed E-state index contributed by atoms with van der Waals surface area (Å²) >= 11 is 0. The quantitative estimate of drug-likeness (QED) is 0.876. The standard InChI is InChI=1S/C15H23NO3S/c1-12-3-2-4-14(9-12)10-16-20(18,19)15-7-5-13(11-17)6-8-15/h5-8,12,14,16-17H,2-4,9-11H2,1H3. The number of nitrogens with one attached hydrogen (secondary N) is 1. The van der Waals surface area contributed by atoms with Crippen LogP contribution in [-0.2, 0) is 16.6 Å². The Kier molecular flexibility index (Phi) is 5.18. The van der Waals surface area contributed by atoms with Crippen molar-refractivity contribution in [2.75, 3.05) is 6.54 Å². The Morgan fingerprint density at radius 3 is 2.55 bits per heavy atom. The van der Waals surface area contributed by atoms with Crippen LogP contribution in [0.2, 0.25) is 0 Å². The molecule has 5 heteroatoms. The summed E-state index contributed by atoms with van der Waals surface area (Å²) in [5.74, 6) is 1.15. The van der Waals surface area contributed by atoms with Gasteiger partial charge in [0.05, 0.1) is 11.5 Å². The van der Waals surface area contributed by atoms with Crippen molar-refractivity contribution >= 4 is 10.0 Å². The summed E-state index contributed by atoms with van der Waals surface area (Å²) in [6.45, 7) is 2.68. The summed E-state index contributed by atoms with van der Waals surface area (Å²) in [5.41, 5.74) is 0.713. The number of aliphatic hydroxyl groups is 1. The van der Waals surface area contributed by atoms with E-state index in [9.17, 15) is 8.42 Å². The second kappa shape index (κ2) is 6.70. The highest BCUT2D eigenvalue weighted by atomic mass is 32.2. The van der Waals surface area contributed by atoms with Crippen molar-refractivity contribution in [1.82, 2.24) is 4.72 Å². The molecule has 1 aliphatic carbocycles. The van der Waals surface area contributed by atoms with Crippen LogP contribution in [0.3, 0.4) is 0 Å². The van der Waals surface area contributed by atoms with Crippen molar-refractivity contribution in [3.63, 3.8) is 0 Å². The normalized spacial score (nSPS) is 23.7. The van der Waals surface area contributed by atoms with E-state index in [1.807, 2.05) is 0 Å². The number of sulfonamides is 1. The first kappa shape index (κ1) is 15.5. The van der Waals surface area contributed by atoms with E-state index in [4.69, 9.17) is 5.11 Å². The van der Waals surface area contributed by atoms with Crippen LogP contribution in [0.15, 0.2) is 29.2 Å². The van der Waals surface area contributed by atoms with Crippen LogP contribution >= 0.6 is 0 Å². The first-order chi connectivity index (χ1) is 9.51. The SMILES string of the molecule is CC1CCCC(CNS(=O)(=O)c2ccc(CO)cc2)C1. The van der Waals surface area contributed by atoms with Gasteiger partial charge in [0.15, 0.2) is 0 Å². The lowest BCUT2D eigenvalue weighted by Gasteiger charge is -2.26. The average molecular weight is 297 g/mol. The van der Waals surface area contributed by atoms with Crippen LogP contribution in [0.4, 0.5) is 0 Å². The maximum absolute atomic E-state index is 12.2. The summed E-state index contributed by atoms with van der Waals surface area (Å²) in [5, 5.41) is 8.96. The van der Waals surface area contributed by atoms with Crippen molar-refractivity contribution in [3.05, 3.63) is 29.8 Å². The minimum absolute atomic E-state index is 0.0757. The Morgan fingerprint density at radius 2 is 1.95 bits per heavy atom. The fourth-order valence-electron chi connectivity index (χ4n) is 2.83. The molecule has 4 nitrogen and oxygen atoms in total. The summed E-state index contributed by atoms with van der Waals surface area (Å²) in [6, 6.07) is 6.35. The molecule has 0 saturated heterocycles. The van der Waals surface area contributed by atoms with Gasteiger partial charge < -0.3 is 5.11 Å². The van der Waals surface area contributed by atoms with Crippen LogP contribution in [0.1, 0.15) is 38.2 Å². The molecule has 0 spiro atoms. The predicted molar refractivity (Wildman–Crippen MR) is 78.7 cm³/mol. The molecule has 20 heavy (non-hydrogen) atoms. The molecule has 0 amide bonds. The molecule has 0 aliphatic heterocycles. The van der Waals surface area contributed by atoms with Crippen LogP contribution in [0.5, 0.6) is 0 Å². The highest BCUT2D eigenvalue weighted by molar-refractivity contribution is 7.89. The molecule has 2 atom stereocenters. The third kappa shape index (κ3) is 4.04. The summed E-state index contributed by atoms with van der Waals surface area (Å²) < 4.78 is 27.1. The molecule has 1 aromatic carbocycles. The zero-order valence-corrected chi connectivity index (χ0v) is 12.7. The molecular formula is C15H23NO3S. The summed E-state index contributed by atoms with van der Waals surface area (Å²) in [4.78, 5) is 0.263. The van der Waals surface area contributed by atoms with Crippen LogP contribution in [0, 0.1) is 11.8 Å². The average Bonchev–Trinajstić information content (AvgIpc) is 2.45. The second-order valence-electron chi connectivity index (χ2n) is 5.79. The van der Waals surface area contributed by atoms with Gasteiger partial charge in [0, 0.05) is 6.54 Å². The lowest BCUT2D eigenvalue weighted by Crippen LogP contribution is -2.31. The Hall–Kier alpha value is -0.910. The molecule has 0 radical (unpaired) electrons. The maximum Gasteiger partial charge on any atom is 0.240 e. The van der Waals surface area contributed by atoms with Gasteiger partial charge in [-0.2, -0.15) is 0 Å². The van der Waals surface area contributed by atoms with E-state index in [-0.39, 0.29) is 11.5 Å². The Morgan fingerprint density at radius 1 is 1.25 bits per heavy atom. The monoisotopic (exact) mass is 297 g/mol. The lowest BCUT2D eigenvalue weighted by atomic mass is 9.83. The third-order valence-electron chi connectivity index (χ3n) is 4.02. The summed E-state index contributed by atoms with van der Waals surface area (Å²) in [6.07, 6.45) is 4.66. The molecule has 1 aliphatic rings. The molecule has 1 aromatic rings. The number of aliphatic hydroxyl groups excluding tert-OH is 1. The third-order valence-corrected chi connectivity index (χ3v) is 5.46. The van der Waals surface area contributed by atoms with Gasteiger partial charge >= 0.3 is 0 Å². The topological polar surface area (TPSA) is 66.4 Å². The molecule has 112 valence electrons. The Labute approximate surface area is 121 Å². The molecule has 2 N–H and O–H groups in total. The van der Waals surface area contributed by atoms with E-state index in [1.54, 1.807) is 12.1 Å². The van der Waals surface area contributed by atoms with E-state index >= 15 is 0 Å². The Balaban J connectivity index is 1.96. The molecule has 2 unspecified atom stereocenters. The highest BCUT2D eigenvalue weighted by Crippen LogP contribution is 2.28. The van der Waals surface area contributed by atoms with Crippen LogP contribution < -0.4 is 4.72 Å². The maximum atomic E-state index is 12.2. The fraction of sp³-hybridized carbons (Fsp3) is 0.600. The first-order valence-electron chi connectivity index (χ1n) is 7.20. The van der Waals surface area contributed by atoms with E-state index < -0.39 is 10.0 Å². The number of hydrogen-bond donors (Lipinski definition) is 2. The number of benzene rings is 1. The van der Waals surface area contributed by atoms with E-state index in [2.05, 4.69) is 11.6 Å². The molecule has 1 fully saturated rings. The highest BCUT2D eigenvalue weighted by Gasteiger charge is 2.21. The largest absolute Gasteiger partial charge is 0.392 e. The van der Waals surface area contributed by atoms with Crippen molar-refractivity contribution < 1.29 is 13.5 Å². The van der Waals surface area contributed by atoms with E-state index in [0.717, 1.165) is 12.8 Å². The van der Waals surface area contributed by atoms with Gasteiger partial charge in [-0.25, -0.2) is 13.1 Å². The molecule has 0 heterocycles. The molecule has 2 rings (SSSR count). The van der Waals surface area contributed by atoms with Gasteiger partial charge in [0.1, 0.15) is 0 Å². The molecule has 1 saturated carbocycles. The van der Waals surface area contributed by atoms with Crippen molar-refractivity contribution in [1.29, 1.82) is 0 Å². The first-order valence-corrected chi connectivity index (χ1v) is 8.69.